The van der Waals surface area contributed by atoms with E-state index in [0.717, 1.165) is 6.42 Å². The lowest BCUT2D eigenvalue weighted by molar-refractivity contribution is -0.133. The molecule has 2 rings (SSSR count). The highest BCUT2D eigenvalue weighted by Gasteiger charge is 2.63. The van der Waals surface area contributed by atoms with Gasteiger partial charge >= 0.3 is 0 Å². The molecule has 0 saturated heterocycles. The number of rotatable bonds is 1. The Morgan fingerprint density at radius 2 is 2.00 bits per heavy atom. The lowest BCUT2D eigenvalue weighted by atomic mass is 9.75. The summed E-state index contributed by atoms with van der Waals surface area (Å²) in [6.45, 7) is 6.39. The van der Waals surface area contributed by atoms with E-state index in [9.17, 15) is 9.90 Å². The largest absolute Gasteiger partial charge is 0.395 e. The molecule has 0 aromatic rings. The number of hydrogen-bond acceptors (Lipinski definition) is 2. The maximum absolute atomic E-state index is 11.7. The third-order valence-corrected chi connectivity index (χ3v) is 4.39. The molecule has 2 saturated carbocycles. The molecule has 0 radical (unpaired) electrons. The molecule has 0 amide bonds. The maximum atomic E-state index is 11.7. The van der Waals surface area contributed by atoms with Crippen molar-refractivity contribution in [1.82, 2.24) is 0 Å². The molecule has 2 aliphatic rings. The summed E-state index contributed by atoms with van der Waals surface area (Å²) in [5.41, 5.74) is -0.0858. The van der Waals surface area contributed by atoms with Gasteiger partial charge < -0.3 is 5.11 Å². The summed E-state index contributed by atoms with van der Waals surface area (Å²) in [6.07, 6.45) is 1.58. The maximum Gasteiger partial charge on any atom is 0.141 e. The number of fused-ring (bicyclic) bond motifs is 1. The molecule has 3 atom stereocenters. The normalized spacial score (nSPS) is 47.2. The number of hydrogen-bond donors (Lipinski definition) is 1. The molecule has 2 aliphatic carbocycles. The van der Waals surface area contributed by atoms with Crippen molar-refractivity contribution in [3.05, 3.63) is 0 Å². The predicted octanol–water partition coefficient (Wildman–Crippen LogP) is 1.62. The van der Waals surface area contributed by atoms with E-state index in [2.05, 4.69) is 13.8 Å². The Balaban J connectivity index is 2.18. The summed E-state index contributed by atoms with van der Waals surface area (Å²) in [6, 6.07) is 0. The van der Waals surface area contributed by atoms with E-state index < -0.39 is 5.41 Å². The van der Waals surface area contributed by atoms with Crippen LogP contribution in [-0.4, -0.2) is 17.5 Å². The molecule has 2 nitrogen and oxygen atoms in total. The molecular weight excluding hydrogens is 164 g/mol. The minimum absolute atomic E-state index is 0.0190. The monoisotopic (exact) mass is 182 g/mol. The minimum atomic E-state index is -0.436. The first-order valence-electron chi connectivity index (χ1n) is 5.06. The molecular formula is C11H18O2. The van der Waals surface area contributed by atoms with Gasteiger partial charge in [0.1, 0.15) is 5.78 Å². The second kappa shape index (κ2) is 2.35. The Morgan fingerprint density at radius 1 is 1.38 bits per heavy atom. The van der Waals surface area contributed by atoms with E-state index in [1.807, 2.05) is 6.92 Å². The third-order valence-electron chi connectivity index (χ3n) is 4.39. The van der Waals surface area contributed by atoms with Crippen molar-refractivity contribution in [3.63, 3.8) is 0 Å². The topological polar surface area (TPSA) is 37.3 Å². The van der Waals surface area contributed by atoms with Gasteiger partial charge in [-0.25, -0.2) is 0 Å². The van der Waals surface area contributed by atoms with Crippen LogP contribution in [0.5, 0.6) is 0 Å². The fourth-order valence-electron chi connectivity index (χ4n) is 2.87. The SMILES string of the molecule is CC1(C)[C@@H]2CC(=O)[C@@](C)(CO)C[C@@H]21. The van der Waals surface area contributed by atoms with Crippen molar-refractivity contribution in [1.29, 1.82) is 0 Å². The predicted molar refractivity (Wildman–Crippen MR) is 50.2 cm³/mol. The number of aliphatic hydroxyl groups is 1. The first-order chi connectivity index (χ1) is 5.92. The number of carbonyl (C=O) groups excluding carboxylic acids is 1. The molecule has 2 fully saturated rings. The van der Waals surface area contributed by atoms with Crippen molar-refractivity contribution in [2.75, 3.05) is 6.61 Å². The lowest BCUT2D eigenvalue weighted by Crippen LogP contribution is -2.35. The standard InChI is InChI=1S/C11H18O2/c1-10(2)7-4-9(13)11(3,6-12)5-8(7)10/h7-8,12H,4-6H2,1-3H3/t7-,8+,11-/m1/s1. The average molecular weight is 182 g/mol. The van der Waals surface area contributed by atoms with Crippen LogP contribution in [0.25, 0.3) is 0 Å². The van der Waals surface area contributed by atoms with Crippen molar-refractivity contribution in [2.24, 2.45) is 22.7 Å². The van der Waals surface area contributed by atoms with Gasteiger partial charge in [0, 0.05) is 11.8 Å². The summed E-state index contributed by atoms with van der Waals surface area (Å²) in [4.78, 5) is 11.7. The van der Waals surface area contributed by atoms with Gasteiger partial charge in [-0.2, -0.15) is 0 Å². The van der Waals surface area contributed by atoms with Gasteiger partial charge in [-0.3, -0.25) is 4.79 Å². The second-order valence-corrected chi connectivity index (χ2v) is 5.58. The van der Waals surface area contributed by atoms with Crippen LogP contribution in [0.2, 0.25) is 0 Å². The molecule has 13 heavy (non-hydrogen) atoms. The number of aliphatic hydroxyl groups excluding tert-OH is 1. The molecule has 0 aliphatic heterocycles. The van der Waals surface area contributed by atoms with Gasteiger partial charge in [0.05, 0.1) is 6.61 Å². The Labute approximate surface area is 79.3 Å². The first-order valence-corrected chi connectivity index (χ1v) is 5.06. The zero-order valence-electron chi connectivity index (χ0n) is 8.63. The average Bonchev–Trinajstić information content (AvgIpc) is 2.56. The highest BCUT2D eigenvalue weighted by atomic mass is 16.3. The molecule has 0 spiro atoms. The molecule has 0 unspecified atom stereocenters. The van der Waals surface area contributed by atoms with Crippen LogP contribution in [-0.2, 0) is 4.79 Å². The van der Waals surface area contributed by atoms with Crippen LogP contribution in [0.4, 0.5) is 0 Å². The van der Waals surface area contributed by atoms with Crippen molar-refractivity contribution < 1.29 is 9.90 Å². The Hall–Kier alpha value is -0.370. The smallest absolute Gasteiger partial charge is 0.141 e. The Kier molecular flexibility index (Phi) is 1.66. The molecule has 74 valence electrons. The van der Waals surface area contributed by atoms with E-state index in [0.29, 0.717) is 23.7 Å². The Morgan fingerprint density at radius 3 is 2.54 bits per heavy atom. The van der Waals surface area contributed by atoms with Crippen LogP contribution in [0, 0.1) is 22.7 Å². The van der Waals surface area contributed by atoms with Gasteiger partial charge in [-0.05, 0) is 23.7 Å². The Bertz CT molecular complexity index is 257. The van der Waals surface area contributed by atoms with Crippen LogP contribution < -0.4 is 0 Å². The highest BCUT2D eigenvalue weighted by Crippen LogP contribution is 2.66. The number of carbonyl (C=O) groups is 1. The molecule has 2 heteroatoms. The quantitative estimate of drug-likeness (QED) is 0.669. The van der Waals surface area contributed by atoms with Crippen LogP contribution in [0.15, 0.2) is 0 Å². The highest BCUT2D eigenvalue weighted by molar-refractivity contribution is 5.86. The number of Topliss-reactive ketones (excluding diaryl/α,β-unsaturated/α-hetero) is 1. The van der Waals surface area contributed by atoms with Crippen molar-refractivity contribution in [2.45, 2.75) is 33.6 Å². The molecule has 0 aromatic carbocycles. The summed E-state index contributed by atoms with van der Waals surface area (Å²) < 4.78 is 0. The van der Waals surface area contributed by atoms with E-state index in [1.165, 1.54) is 0 Å². The van der Waals surface area contributed by atoms with Crippen molar-refractivity contribution in [3.8, 4) is 0 Å². The zero-order valence-corrected chi connectivity index (χ0v) is 8.63. The van der Waals surface area contributed by atoms with E-state index >= 15 is 0 Å². The van der Waals surface area contributed by atoms with Gasteiger partial charge in [0.2, 0.25) is 0 Å². The lowest BCUT2D eigenvalue weighted by Gasteiger charge is -2.29. The minimum Gasteiger partial charge on any atom is -0.395 e. The van der Waals surface area contributed by atoms with E-state index in [4.69, 9.17) is 0 Å². The summed E-state index contributed by atoms with van der Waals surface area (Å²) in [5.74, 6) is 1.53. The fourth-order valence-corrected chi connectivity index (χ4v) is 2.87. The van der Waals surface area contributed by atoms with Gasteiger partial charge in [0.25, 0.3) is 0 Å². The number of ketones is 1. The zero-order chi connectivity index (χ0) is 9.85. The van der Waals surface area contributed by atoms with Crippen LogP contribution in [0.3, 0.4) is 0 Å². The van der Waals surface area contributed by atoms with Gasteiger partial charge in [0.15, 0.2) is 0 Å². The summed E-state index contributed by atoms with van der Waals surface area (Å²) >= 11 is 0. The summed E-state index contributed by atoms with van der Waals surface area (Å²) in [5, 5.41) is 9.21. The second-order valence-electron chi connectivity index (χ2n) is 5.58. The first kappa shape index (κ1) is 9.20. The summed E-state index contributed by atoms with van der Waals surface area (Å²) in [7, 11) is 0. The van der Waals surface area contributed by atoms with Crippen LogP contribution >= 0.6 is 0 Å². The van der Waals surface area contributed by atoms with E-state index in [1.54, 1.807) is 0 Å². The van der Waals surface area contributed by atoms with Gasteiger partial charge in [-0.1, -0.05) is 20.8 Å². The molecule has 0 heterocycles. The van der Waals surface area contributed by atoms with Crippen LogP contribution in [0.1, 0.15) is 33.6 Å². The molecule has 0 aromatic heterocycles. The van der Waals surface area contributed by atoms with Gasteiger partial charge in [-0.15, -0.1) is 0 Å². The third kappa shape index (κ3) is 1.08. The fraction of sp³-hybridized carbons (Fsp3) is 0.909. The van der Waals surface area contributed by atoms with Crippen molar-refractivity contribution >= 4 is 5.78 Å². The molecule has 1 N–H and O–H groups in total. The van der Waals surface area contributed by atoms with E-state index in [-0.39, 0.29) is 12.4 Å². The molecule has 0 bridgehead atoms.